The lowest BCUT2D eigenvalue weighted by atomic mass is 10.0. The fourth-order valence-corrected chi connectivity index (χ4v) is 2.21. The number of hydrogen-bond acceptors (Lipinski definition) is 3. The Balaban J connectivity index is 1.79. The molecule has 90 valence electrons. The normalized spacial score (nSPS) is 23.2. The minimum Gasteiger partial charge on any atom is -0.385 e. The average molecular weight is 224 g/mol. The molecule has 4 heteroatoms. The first kappa shape index (κ1) is 11.6. The Bertz CT molecular complexity index is 319. The molecule has 1 saturated heterocycles. The Labute approximate surface area is 96.3 Å². The summed E-state index contributed by atoms with van der Waals surface area (Å²) in [5.74, 6) is 0.746. The van der Waals surface area contributed by atoms with Crippen LogP contribution in [-0.4, -0.2) is 27.4 Å². The number of nitrogens with zero attached hydrogens (tertiary/aromatic N) is 2. The molecular weight excluding hydrogens is 204 g/mol. The van der Waals surface area contributed by atoms with Gasteiger partial charge in [-0.1, -0.05) is 0 Å². The highest BCUT2D eigenvalue weighted by atomic mass is 16.5. The van der Waals surface area contributed by atoms with E-state index in [0.29, 0.717) is 6.10 Å². The number of aromatic nitrogens is 2. The van der Waals surface area contributed by atoms with Gasteiger partial charge in [-0.05, 0) is 32.1 Å². The van der Waals surface area contributed by atoms with Crippen molar-refractivity contribution in [3.63, 3.8) is 0 Å². The molecular formula is C12H20N2O2. The summed E-state index contributed by atoms with van der Waals surface area (Å²) in [6, 6.07) is 0. The average Bonchev–Trinajstić information content (AvgIpc) is 2.74. The number of aliphatic hydroxyl groups excluding tert-OH is 1. The summed E-state index contributed by atoms with van der Waals surface area (Å²) in [7, 11) is 1.91. The van der Waals surface area contributed by atoms with E-state index in [0.717, 1.165) is 31.7 Å². The van der Waals surface area contributed by atoms with Crippen LogP contribution in [0.25, 0.3) is 0 Å². The second kappa shape index (κ2) is 5.46. The summed E-state index contributed by atoms with van der Waals surface area (Å²) in [5, 5.41) is 9.98. The fourth-order valence-electron chi connectivity index (χ4n) is 2.21. The van der Waals surface area contributed by atoms with Gasteiger partial charge in [-0.25, -0.2) is 4.98 Å². The first-order valence-corrected chi connectivity index (χ1v) is 6.04. The third-order valence-corrected chi connectivity index (χ3v) is 3.19. The van der Waals surface area contributed by atoms with Gasteiger partial charge in [-0.15, -0.1) is 0 Å². The second-order valence-corrected chi connectivity index (χ2v) is 4.48. The van der Waals surface area contributed by atoms with Crippen molar-refractivity contribution in [3.8, 4) is 0 Å². The van der Waals surface area contributed by atoms with Gasteiger partial charge in [0.25, 0.3) is 0 Å². The summed E-state index contributed by atoms with van der Waals surface area (Å²) >= 11 is 0. The van der Waals surface area contributed by atoms with Crippen LogP contribution < -0.4 is 0 Å². The summed E-state index contributed by atoms with van der Waals surface area (Å²) in [6.07, 6.45) is 8.67. The zero-order valence-corrected chi connectivity index (χ0v) is 9.80. The number of ether oxygens (including phenoxy) is 1. The van der Waals surface area contributed by atoms with Crippen molar-refractivity contribution in [2.75, 3.05) is 6.61 Å². The quantitative estimate of drug-likeness (QED) is 0.848. The van der Waals surface area contributed by atoms with Gasteiger partial charge in [0.15, 0.2) is 0 Å². The van der Waals surface area contributed by atoms with Crippen LogP contribution in [0.5, 0.6) is 0 Å². The minimum atomic E-state index is -0.467. The van der Waals surface area contributed by atoms with Gasteiger partial charge in [0.2, 0.25) is 0 Å². The molecule has 1 N–H and O–H groups in total. The minimum absolute atomic E-state index is 0.337. The lowest BCUT2D eigenvalue weighted by Crippen LogP contribution is -2.20. The summed E-state index contributed by atoms with van der Waals surface area (Å²) in [6.45, 7) is 0.878. The third kappa shape index (κ3) is 2.83. The first-order chi connectivity index (χ1) is 7.77. The van der Waals surface area contributed by atoms with Crippen molar-refractivity contribution in [1.82, 2.24) is 9.55 Å². The SMILES string of the molecule is Cn1ccnc1C(O)CCC1CCCCO1. The summed E-state index contributed by atoms with van der Waals surface area (Å²) < 4.78 is 7.51. The highest BCUT2D eigenvalue weighted by molar-refractivity contribution is 4.95. The fraction of sp³-hybridized carbons (Fsp3) is 0.750. The zero-order valence-electron chi connectivity index (χ0n) is 9.80. The van der Waals surface area contributed by atoms with Crippen molar-refractivity contribution in [1.29, 1.82) is 0 Å². The van der Waals surface area contributed by atoms with E-state index in [-0.39, 0.29) is 0 Å². The molecule has 1 fully saturated rings. The number of aryl methyl sites for hydroxylation is 1. The van der Waals surface area contributed by atoms with Crippen LogP contribution in [0.3, 0.4) is 0 Å². The molecule has 0 saturated carbocycles. The number of hydrogen-bond donors (Lipinski definition) is 1. The van der Waals surface area contributed by atoms with Crippen LogP contribution in [-0.2, 0) is 11.8 Å². The maximum absolute atomic E-state index is 9.98. The van der Waals surface area contributed by atoms with E-state index in [2.05, 4.69) is 4.98 Å². The first-order valence-electron chi connectivity index (χ1n) is 6.04. The van der Waals surface area contributed by atoms with E-state index in [1.807, 2.05) is 17.8 Å². The van der Waals surface area contributed by atoms with Crippen LogP contribution in [0, 0.1) is 0 Å². The Kier molecular flexibility index (Phi) is 3.96. The summed E-state index contributed by atoms with van der Waals surface area (Å²) in [5.41, 5.74) is 0. The molecule has 1 aliphatic heterocycles. The molecule has 4 nitrogen and oxygen atoms in total. The largest absolute Gasteiger partial charge is 0.385 e. The summed E-state index contributed by atoms with van der Waals surface area (Å²) in [4.78, 5) is 4.15. The highest BCUT2D eigenvalue weighted by Gasteiger charge is 2.18. The maximum atomic E-state index is 9.98. The van der Waals surface area contributed by atoms with Gasteiger partial charge in [-0.3, -0.25) is 0 Å². The zero-order chi connectivity index (χ0) is 11.4. The number of rotatable bonds is 4. The molecule has 2 rings (SSSR count). The Morgan fingerprint density at radius 3 is 3.12 bits per heavy atom. The van der Waals surface area contributed by atoms with Crippen molar-refractivity contribution in [3.05, 3.63) is 18.2 Å². The molecule has 0 aliphatic carbocycles. The van der Waals surface area contributed by atoms with Gasteiger partial charge in [0.05, 0.1) is 6.10 Å². The second-order valence-electron chi connectivity index (χ2n) is 4.48. The van der Waals surface area contributed by atoms with Crippen molar-refractivity contribution < 1.29 is 9.84 Å². The molecule has 1 aliphatic rings. The van der Waals surface area contributed by atoms with Crippen LogP contribution >= 0.6 is 0 Å². The van der Waals surface area contributed by atoms with E-state index in [4.69, 9.17) is 4.74 Å². The third-order valence-electron chi connectivity index (χ3n) is 3.19. The van der Waals surface area contributed by atoms with Crippen LogP contribution in [0.2, 0.25) is 0 Å². The van der Waals surface area contributed by atoms with Gasteiger partial charge in [-0.2, -0.15) is 0 Å². The lowest BCUT2D eigenvalue weighted by molar-refractivity contribution is 0.00136. The molecule has 1 aromatic heterocycles. The van der Waals surface area contributed by atoms with Crippen LogP contribution in [0.1, 0.15) is 44.0 Å². The molecule has 2 atom stereocenters. The predicted octanol–water partition coefficient (Wildman–Crippen LogP) is 1.80. The van der Waals surface area contributed by atoms with Gasteiger partial charge < -0.3 is 14.4 Å². The standard InChI is InChI=1S/C12H20N2O2/c1-14-8-7-13-12(14)11(15)6-5-10-4-2-3-9-16-10/h7-8,10-11,15H,2-6,9H2,1H3. The van der Waals surface area contributed by atoms with Crippen LogP contribution in [0.15, 0.2) is 12.4 Å². The van der Waals surface area contributed by atoms with E-state index < -0.39 is 6.10 Å². The highest BCUT2D eigenvalue weighted by Crippen LogP contribution is 2.22. The molecule has 0 aromatic carbocycles. The Morgan fingerprint density at radius 1 is 1.62 bits per heavy atom. The van der Waals surface area contributed by atoms with Gasteiger partial charge in [0, 0.05) is 26.0 Å². The number of aliphatic hydroxyl groups is 1. The van der Waals surface area contributed by atoms with Crippen molar-refractivity contribution in [2.45, 2.75) is 44.3 Å². The van der Waals surface area contributed by atoms with Crippen molar-refractivity contribution in [2.24, 2.45) is 7.05 Å². The molecule has 2 unspecified atom stereocenters. The predicted molar refractivity (Wildman–Crippen MR) is 61.0 cm³/mol. The molecule has 1 aromatic rings. The molecule has 0 spiro atoms. The maximum Gasteiger partial charge on any atom is 0.137 e. The smallest absolute Gasteiger partial charge is 0.137 e. The molecule has 2 heterocycles. The number of imidazole rings is 1. The molecule has 0 radical (unpaired) electrons. The van der Waals surface area contributed by atoms with E-state index in [1.165, 1.54) is 12.8 Å². The van der Waals surface area contributed by atoms with Crippen molar-refractivity contribution >= 4 is 0 Å². The molecule has 0 bridgehead atoms. The van der Waals surface area contributed by atoms with E-state index in [1.54, 1.807) is 6.20 Å². The molecule has 0 amide bonds. The van der Waals surface area contributed by atoms with E-state index in [9.17, 15) is 5.11 Å². The molecule has 16 heavy (non-hydrogen) atoms. The Hall–Kier alpha value is -0.870. The van der Waals surface area contributed by atoms with Crippen LogP contribution in [0.4, 0.5) is 0 Å². The Morgan fingerprint density at radius 2 is 2.50 bits per heavy atom. The van der Waals surface area contributed by atoms with E-state index >= 15 is 0 Å². The van der Waals surface area contributed by atoms with Gasteiger partial charge in [0.1, 0.15) is 11.9 Å². The lowest BCUT2D eigenvalue weighted by Gasteiger charge is -2.23. The topological polar surface area (TPSA) is 47.3 Å². The van der Waals surface area contributed by atoms with Gasteiger partial charge >= 0.3 is 0 Å². The monoisotopic (exact) mass is 224 g/mol.